The predicted molar refractivity (Wildman–Crippen MR) is 93.4 cm³/mol. The van der Waals surface area contributed by atoms with Crippen molar-refractivity contribution in [2.75, 3.05) is 6.61 Å². The molecular formula is C16H15ClINO3. The summed E-state index contributed by atoms with van der Waals surface area (Å²) in [7, 11) is 0. The lowest BCUT2D eigenvalue weighted by Crippen LogP contribution is -2.12. The Hall–Kier alpha value is -1.34. The Balaban J connectivity index is 2.37. The van der Waals surface area contributed by atoms with E-state index in [9.17, 15) is 4.79 Å². The summed E-state index contributed by atoms with van der Waals surface area (Å²) in [6.07, 6.45) is 0. The lowest BCUT2D eigenvalue weighted by Gasteiger charge is -2.15. The maximum atomic E-state index is 12.1. The molecule has 0 N–H and O–H groups in total. The molecule has 116 valence electrons. The minimum absolute atomic E-state index is 0.0967. The van der Waals surface area contributed by atoms with E-state index in [2.05, 4.69) is 27.6 Å². The number of esters is 1. The van der Waals surface area contributed by atoms with Crippen LogP contribution in [0.2, 0.25) is 5.15 Å². The van der Waals surface area contributed by atoms with Crippen LogP contribution in [0.3, 0.4) is 0 Å². The van der Waals surface area contributed by atoms with Gasteiger partial charge in [0.25, 0.3) is 0 Å². The van der Waals surface area contributed by atoms with Crippen molar-refractivity contribution in [2.24, 2.45) is 0 Å². The summed E-state index contributed by atoms with van der Waals surface area (Å²) in [5, 5.41) is 0.0967. The molecule has 6 heteroatoms. The third-order valence-electron chi connectivity index (χ3n) is 2.92. The molecule has 1 heterocycles. The van der Waals surface area contributed by atoms with Crippen LogP contribution >= 0.6 is 34.2 Å². The van der Waals surface area contributed by atoms with Crippen molar-refractivity contribution in [1.82, 2.24) is 4.98 Å². The van der Waals surface area contributed by atoms with Gasteiger partial charge in [-0.15, -0.1) is 0 Å². The van der Waals surface area contributed by atoms with Crippen LogP contribution in [-0.2, 0) is 11.3 Å². The van der Waals surface area contributed by atoms with Gasteiger partial charge in [0.2, 0.25) is 0 Å². The topological polar surface area (TPSA) is 48.4 Å². The highest BCUT2D eigenvalue weighted by Gasteiger charge is 2.24. The fourth-order valence-electron chi connectivity index (χ4n) is 1.87. The second-order valence-corrected chi connectivity index (χ2v) is 5.94. The number of carbonyl (C=O) groups excluding carboxylic acids is 1. The van der Waals surface area contributed by atoms with Crippen LogP contribution in [0.25, 0.3) is 0 Å². The number of aromatic nitrogens is 1. The molecule has 0 saturated heterocycles. The summed E-state index contributed by atoms with van der Waals surface area (Å²) in [5.41, 5.74) is 1.88. The van der Waals surface area contributed by atoms with Crippen LogP contribution in [0.1, 0.15) is 28.5 Å². The van der Waals surface area contributed by atoms with E-state index in [1.54, 1.807) is 6.92 Å². The SMILES string of the molecule is CCOC(=O)c1c(Cl)nc(C)c(I)c1OCc1ccccc1. The Morgan fingerprint density at radius 2 is 2.00 bits per heavy atom. The molecule has 4 nitrogen and oxygen atoms in total. The molecule has 0 aliphatic carbocycles. The minimum atomic E-state index is -0.527. The molecule has 2 rings (SSSR count). The van der Waals surface area contributed by atoms with Gasteiger partial charge in [-0.05, 0) is 42.0 Å². The number of hydrogen-bond donors (Lipinski definition) is 0. The number of rotatable bonds is 5. The molecule has 22 heavy (non-hydrogen) atoms. The van der Waals surface area contributed by atoms with E-state index in [0.717, 1.165) is 9.13 Å². The van der Waals surface area contributed by atoms with Crippen molar-refractivity contribution in [2.45, 2.75) is 20.5 Å². The molecule has 0 aliphatic rings. The maximum absolute atomic E-state index is 12.1. The zero-order valence-corrected chi connectivity index (χ0v) is 15.1. The second-order valence-electron chi connectivity index (χ2n) is 4.50. The van der Waals surface area contributed by atoms with Crippen LogP contribution in [0.15, 0.2) is 30.3 Å². The number of nitrogens with zero attached hydrogens (tertiary/aromatic N) is 1. The van der Waals surface area contributed by atoms with Gasteiger partial charge in [-0.25, -0.2) is 9.78 Å². The van der Waals surface area contributed by atoms with Gasteiger partial charge < -0.3 is 9.47 Å². The number of carbonyl (C=O) groups is 1. The summed E-state index contributed by atoms with van der Waals surface area (Å²) in [4.78, 5) is 16.3. The van der Waals surface area contributed by atoms with Gasteiger partial charge in [-0.2, -0.15) is 0 Å². The van der Waals surface area contributed by atoms with Crippen LogP contribution in [-0.4, -0.2) is 17.6 Å². The van der Waals surface area contributed by atoms with Gasteiger partial charge in [-0.1, -0.05) is 41.9 Å². The summed E-state index contributed by atoms with van der Waals surface area (Å²) in [5.74, 6) is -0.110. The number of ether oxygens (including phenoxy) is 2. The molecule has 0 aliphatic heterocycles. The Morgan fingerprint density at radius 1 is 1.32 bits per heavy atom. The number of pyridine rings is 1. The van der Waals surface area contributed by atoms with E-state index < -0.39 is 5.97 Å². The highest BCUT2D eigenvalue weighted by Crippen LogP contribution is 2.33. The number of halogens is 2. The second kappa shape index (κ2) is 7.78. The molecule has 0 amide bonds. The van der Waals surface area contributed by atoms with E-state index in [0.29, 0.717) is 18.1 Å². The standard InChI is InChI=1S/C16H15ClINO3/c1-3-21-16(20)12-14(13(18)10(2)19-15(12)17)22-9-11-7-5-4-6-8-11/h4-8H,3,9H2,1-2H3. The molecule has 2 aromatic rings. The summed E-state index contributed by atoms with van der Waals surface area (Å²) < 4.78 is 11.7. The van der Waals surface area contributed by atoms with Crippen LogP contribution < -0.4 is 4.74 Å². The zero-order valence-electron chi connectivity index (χ0n) is 12.2. The third-order valence-corrected chi connectivity index (χ3v) is 4.47. The van der Waals surface area contributed by atoms with E-state index in [4.69, 9.17) is 21.1 Å². The van der Waals surface area contributed by atoms with Crippen molar-refractivity contribution in [1.29, 1.82) is 0 Å². The largest absolute Gasteiger partial charge is 0.487 e. The van der Waals surface area contributed by atoms with E-state index >= 15 is 0 Å². The first-order chi connectivity index (χ1) is 10.5. The molecule has 1 aromatic heterocycles. The van der Waals surface area contributed by atoms with Crippen molar-refractivity contribution >= 4 is 40.2 Å². The van der Waals surface area contributed by atoms with Crippen LogP contribution in [0.4, 0.5) is 0 Å². The fourth-order valence-corrected chi connectivity index (χ4v) is 2.70. The van der Waals surface area contributed by atoms with Gasteiger partial charge in [0.1, 0.15) is 17.3 Å². The molecule has 0 radical (unpaired) electrons. The Kier molecular flexibility index (Phi) is 6.02. The van der Waals surface area contributed by atoms with Crippen LogP contribution in [0.5, 0.6) is 5.75 Å². The zero-order chi connectivity index (χ0) is 16.1. The summed E-state index contributed by atoms with van der Waals surface area (Å²) in [6.45, 7) is 4.15. The lowest BCUT2D eigenvalue weighted by molar-refractivity contribution is 0.0520. The van der Waals surface area contributed by atoms with Gasteiger partial charge >= 0.3 is 5.97 Å². The highest BCUT2D eigenvalue weighted by molar-refractivity contribution is 14.1. The molecule has 0 spiro atoms. The average Bonchev–Trinajstić information content (AvgIpc) is 2.50. The Labute approximate surface area is 147 Å². The predicted octanol–water partition coefficient (Wildman–Crippen LogP) is 4.40. The van der Waals surface area contributed by atoms with Crippen molar-refractivity contribution in [3.8, 4) is 5.75 Å². The van der Waals surface area contributed by atoms with Gasteiger partial charge in [-0.3, -0.25) is 0 Å². The first-order valence-corrected chi connectivity index (χ1v) is 8.19. The molecule has 0 atom stereocenters. The Bertz CT molecular complexity index is 677. The van der Waals surface area contributed by atoms with Gasteiger partial charge in [0.15, 0.2) is 5.75 Å². The van der Waals surface area contributed by atoms with E-state index in [1.807, 2.05) is 37.3 Å². The van der Waals surface area contributed by atoms with Gasteiger partial charge in [0, 0.05) is 0 Å². The number of benzene rings is 1. The van der Waals surface area contributed by atoms with Crippen molar-refractivity contribution < 1.29 is 14.3 Å². The molecule has 1 aromatic carbocycles. The third kappa shape index (κ3) is 3.89. The maximum Gasteiger partial charge on any atom is 0.345 e. The molecule has 0 unspecified atom stereocenters. The van der Waals surface area contributed by atoms with E-state index in [1.165, 1.54) is 0 Å². The molecule has 0 bridgehead atoms. The molecule has 0 fully saturated rings. The summed E-state index contributed by atoms with van der Waals surface area (Å²) >= 11 is 8.22. The monoisotopic (exact) mass is 431 g/mol. The molecular weight excluding hydrogens is 417 g/mol. The van der Waals surface area contributed by atoms with E-state index in [-0.39, 0.29) is 17.3 Å². The lowest BCUT2D eigenvalue weighted by atomic mass is 10.2. The summed E-state index contributed by atoms with van der Waals surface area (Å²) in [6, 6.07) is 9.70. The van der Waals surface area contributed by atoms with Gasteiger partial charge in [0.05, 0.1) is 15.9 Å². The normalized spacial score (nSPS) is 10.4. The van der Waals surface area contributed by atoms with Crippen LogP contribution in [0, 0.1) is 10.5 Å². The number of hydrogen-bond acceptors (Lipinski definition) is 4. The quantitative estimate of drug-likeness (QED) is 0.400. The van der Waals surface area contributed by atoms with Crippen molar-refractivity contribution in [3.63, 3.8) is 0 Å². The smallest absolute Gasteiger partial charge is 0.345 e. The minimum Gasteiger partial charge on any atom is -0.487 e. The first kappa shape index (κ1) is 17.0. The highest BCUT2D eigenvalue weighted by atomic mass is 127. The first-order valence-electron chi connectivity index (χ1n) is 6.74. The average molecular weight is 432 g/mol. The fraction of sp³-hybridized carbons (Fsp3) is 0.250. The Morgan fingerprint density at radius 3 is 2.64 bits per heavy atom. The van der Waals surface area contributed by atoms with Crippen molar-refractivity contribution in [3.05, 3.63) is 55.9 Å². The number of aryl methyl sites for hydroxylation is 1. The molecule has 0 saturated carbocycles.